The zero-order valence-corrected chi connectivity index (χ0v) is 25.0. The predicted molar refractivity (Wildman–Crippen MR) is 160 cm³/mol. The van der Waals surface area contributed by atoms with Crippen molar-refractivity contribution in [2.45, 2.75) is 77.0 Å². The van der Waals surface area contributed by atoms with E-state index in [0.29, 0.717) is 0 Å². The Labute approximate surface area is 235 Å². The molecule has 2 aromatic carbocycles. The van der Waals surface area contributed by atoms with E-state index in [0.717, 1.165) is 35.5 Å². The Morgan fingerprint density at radius 2 is 1.53 bits per heavy atom. The molecule has 1 saturated carbocycles. The second kappa shape index (κ2) is 10.2. The van der Waals surface area contributed by atoms with Gasteiger partial charge in [0.25, 0.3) is 0 Å². The molecule has 4 aliphatic carbocycles. The molecule has 0 amide bonds. The van der Waals surface area contributed by atoms with Crippen LogP contribution in [0, 0.1) is 35.5 Å². The summed E-state index contributed by atoms with van der Waals surface area (Å²) in [4.78, 5) is 0. The smallest absolute Gasteiger partial charge is 0.0216 e. The van der Waals surface area contributed by atoms with E-state index in [9.17, 15) is 0 Å². The largest absolute Gasteiger partial charge is 0.0854 e. The fourth-order valence-corrected chi connectivity index (χ4v) is 9.00. The average molecular weight is 609 g/mol. The molecule has 0 radical (unpaired) electrons. The van der Waals surface area contributed by atoms with E-state index in [1.165, 1.54) is 77.9 Å². The lowest BCUT2D eigenvalue weighted by Crippen LogP contribution is -2.26. The van der Waals surface area contributed by atoms with Crippen molar-refractivity contribution in [3.8, 4) is 11.1 Å². The predicted octanol–water partition coefficient (Wildman–Crippen LogP) is 10.9. The SMILES string of the molecule is CC1C=CC(C(C)CCCC2(CCCC3CC4C=CC3C4)c3cc(Br)ccc3-c3ccc(Br)cc32)C1. The topological polar surface area (TPSA) is 0 Å². The van der Waals surface area contributed by atoms with Gasteiger partial charge in [0.15, 0.2) is 0 Å². The van der Waals surface area contributed by atoms with Gasteiger partial charge in [0.05, 0.1) is 0 Å². The molecule has 0 spiro atoms. The van der Waals surface area contributed by atoms with Crippen LogP contribution in [0.2, 0.25) is 0 Å². The summed E-state index contributed by atoms with van der Waals surface area (Å²) in [6, 6.07) is 14.1. The summed E-state index contributed by atoms with van der Waals surface area (Å²) in [5.74, 6) is 4.96. The number of allylic oxidation sites excluding steroid dienone is 4. The first-order valence-electron chi connectivity index (χ1n) is 14.4. The molecule has 0 aromatic heterocycles. The Bertz CT molecular complexity index is 1120. The minimum atomic E-state index is 0.129. The minimum Gasteiger partial charge on any atom is -0.0854 e. The van der Waals surface area contributed by atoms with E-state index in [2.05, 4.69) is 106 Å². The van der Waals surface area contributed by atoms with E-state index in [1.807, 2.05) is 0 Å². The Morgan fingerprint density at radius 1 is 0.833 bits per heavy atom. The van der Waals surface area contributed by atoms with Crippen LogP contribution in [0.5, 0.6) is 0 Å². The highest BCUT2D eigenvalue weighted by Crippen LogP contribution is 2.56. The fourth-order valence-electron chi connectivity index (χ4n) is 8.28. The number of benzene rings is 2. The van der Waals surface area contributed by atoms with E-state index in [1.54, 1.807) is 11.1 Å². The van der Waals surface area contributed by atoms with Crippen LogP contribution in [-0.4, -0.2) is 0 Å². The molecule has 0 nitrogen and oxygen atoms in total. The molecule has 0 aliphatic heterocycles. The Hall–Kier alpha value is -1.12. The van der Waals surface area contributed by atoms with Crippen molar-refractivity contribution in [2.75, 3.05) is 0 Å². The van der Waals surface area contributed by atoms with Crippen LogP contribution in [-0.2, 0) is 5.41 Å². The highest BCUT2D eigenvalue weighted by atomic mass is 79.9. The maximum Gasteiger partial charge on any atom is 0.0216 e. The van der Waals surface area contributed by atoms with Crippen LogP contribution in [0.15, 0.2) is 69.6 Å². The first kappa shape index (κ1) is 25.2. The van der Waals surface area contributed by atoms with Crippen molar-refractivity contribution in [3.05, 3.63) is 80.8 Å². The maximum atomic E-state index is 3.84. The maximum absolute atomic E-state index is 3.84. The molecular weight excluding hydrogens is 568 g/mol. The van der Waals surface area contributed by atoms with Crippen molar-refractivity contribution in [1.29, 1.82) is 0 Å². The van der Waals surface area contributed by atoms with Gasteiger partial charge in [0.1, 0.15) is 0 Å². The number of rotatable bonds is 9. The summed E-state index contributed by atoms with van der Waals surface area (Å²) in [6.07, 6.45) is 22.0. The van der Waals surface area contributed by atoms with Crippen LogP contribution >= 0.6 is 31.9 Å². The Kier molecular flexibility index (Phi) is 7.14. The highest BCUT2D eigenvalue weighted by Gasteiger charge is 2.43. The van der Waals surface area contributed by atoms with Gasteiger partial charge in [-0.1, -0.05) is 101 Å². The normalized spacial score (nSPS) is 29.6. The van der Waals surface area contributed by atoms with E-state index in [4.69, 9.17) is 0 Å². The van der Waals surface area contributed by atoms with Crippen LogP contribution in [0.4, 0.5) is 0 Å². The lowest BCUT2D eigenvalue weighted by molar-refractivity contribution is 0.323. The minimum absolute atomic E-state index is 0.129. The van der Waals surface area contributed by atoms with Crippen LogP contribution in [0.3, 0.4) is 0 Å². The van der Waals surface area contributed by atoms with E-state index in [-0.39, 0.29) is 5.41 Å². The lowest BCUT2D eigenvalue weighted by Gasteiger charge is -2.34. The molecule has 6 unspecified atom stereocenters. The summed E-state index contributed by atoms with van der Waals surface area (Å²) in [7, 11) is 0. The number of hydrogen-bond acceptors (Lipinski definition) is 0. The third kappa shape index (κ3) is 4.64. The molecule has 36 heavy (non-hydrogen) atoms. The van der Waals surface area contributed by atoms with Gasteiger partial charge in [-0.15, -0.1) is 0 Å². The van der Waals surface area contributed by atoms with Crippen molar-refractivity contribution in [2.24, 2.45) is 35.5 Å². The zero-order chi connectivity index (χ0) is 24.9. The monoisotopic (exact) mass is 606 g/mol. The molecule has 1 fully saturated rings. The third-order valence-corrected chi connectivity index (χ3v) is 11.2. The number of fused-ring (bicyclic) bond motifs is 5. The van der Waals surface area contributed by atoms with Crippen molar-refractivity contribution >= 4 is 31.9 Å². The van der Waals surface area contributed by atoms with Gasteiger partial charge in [-0.2, -0.15) is 0 Å². The van der Waals surface area contributed by atoms with Crippen molar-refractivity contribution < 1.29 is 0 Å². The summed E-state index contributed by atoms with van der Waals surface area (Å²) in [6.45, 7) is 4.86. The van der Waals surface area contributed by atoms with Gasteiger partial charge in [0, 0.05) is 14.4 Å². The molecule has 2 heteroatoms. The second-order valence-electron chi connectivity index (χ2n) is 12.5. The number of hydrogen-bond donors (Lipinski definition) is 0. The molecule has 0 saturated heterocycles. The number of halogens is 2. The molecule has 6 atom stereocenters. The molecule has 2 aromatic rings. The first-order chi connectivity index (χ1) is 17.4. The molecule has 6 rings (SSSR count). The Balaban J connectivity index is 1.27. The van der Waals surface area contributed by atoms with E-state index >= 15 is 0 Å². The lowest BCUT2D eigenvalue weighted by atomic mass is 9.69. The van der Waals surface area contributed by atoms with Crippen LogP contribution in [0.1, 0.15) is 82.8 Å². The van der Waals surface area contributed by atoms with Gasteiger partial charge in [-0.05, 0) is 121 Å². The summed E-state index contributed by atoms with van der Waals surface area (Å²) in [5, 5.41) is 0. The van der Waals surface area contributed by atoms with Crippen LogP contribution in [0.25, 0.3) is 11.1 Å². The summed E-state index contributed by atoms with van der Waals surface area (Å²) in [5.41, 5.74) is 6.19. The molecule has 4 aliphatic rings. The molecular formula is C34H40Br2. The zero-order valence-electron chi connectivity index (χ0n) is 21.9. The molecule has 0 heterocycles. The molecule has 0 N–H and O–H groups in total. The Morgan fingerprint density at radius 3 is 2.11 bits per heavy atom. The van der Waals surface area contributed by atoms with Gasteiger partial charge < -0.3 is 0 Å². The first-order valence-corrected chi connectivity index (χ1v) is 16.0. The summed E-state index contributed by atoms with van der Waals surface area (Å²) < 4.78 is 2.43. The molecule has 2 bridgehead atoms. The fraction of sp³-hybridized carbons (Fsp3) is 0.529. The van der Waals surface area contributed by atoms with Crippen molar-refractivity contribution in [3.63, 3.8) is 0 Å². The van der Waals surface area contributed by atoms with Gasteiger partial charge in [-0.25, -0.2) is 0 Å². The van der Waals surface area contributed by atoms with Crippen LogP contribution < -0.4 is 0 Å². The third-order valence-electron chi connectivity index (χ3n) is 10.2. The second-order valence-corrected chi connectivity index (χ2v) is 14.4. The quantitative estimate of drug-likeness (QED) is 0.249. The van der Waals surface area contributed by atoms with Gasteiger partial charge in [-0.3, -0.25) is 0 Å². The van der Waals surface area contributed by atoms with Gasteiger partial charge in [0.2, 0.25) is 0 Å². The summed E-state index contributed by atoms with van der Waals surface area (Å²) >= 11 is 7.67. The van der Waals surface area contributed by atoms with Crippen molar-refractivity contribution in [1.82, 2.24) is 0 Å². The van der Waals surface area contributed by atoms with E-state index < -0.39 is 0 Å². The average Bonchev–Trinajstić information content (AvgIpc) is 3.64. The highest BCUT2D eigenvalue weighted by molar-refractivity contribution is 9.10. The molecule has 190 valence electrons. The standard InChI is InChI=1S/C34H40Br2/c1-22-7-9-25(17-22)23(2)5-3-15-34(16-4-6-26-18-24-8-10-27(26)19-24)32-20-28(35)11-13-30(32)31-14-12-29(36)21-33(31)34/h7-14,20-27H,3-6,15-19H2,1-2H3. The van der Waals surface area contributed by atoms with Gasteiger partial charge >= 0.3 is 0 Å².